The number of halogens is 9. The van der Waals surface area contributed by atoms with Crippen LogP contribution in [0, 0.1) is 11.3 Å². The maximum Gasteiger partial charge on any atom is 0.437 e. The number of carbonyl (C=O) groups excluding carboxylic acids is 1. The highest BCUT2D eigenvalue weighted by Gasteiger charge is 2.75. The molecule has 39 heavy (non-hydrogen) atoms. The number of hydrogen-bond acceptors (Lipinski definition) is 4. The van der Waals surface area contributed by atoms with Crippen LogP contribution in [0.3, 0.4) is 0 Å². The van der Waals surface area contributed by atoms with Gasteiger partial charge in [-0.1, -0.05) is 17.7 Å². The molecule has 1 amide bonds. The summed E-state index contributed by atoms with van der Waals surface area (Å²) in [5, 5.41) is 11.9. The summed E-state index contributed by atoms with van der Waals surface area (Å²) in [6, 6.07) is 5.45. The van der Waals surface area contributed by atoms with E-state index in [-0.39, 0.29) is 26.2 Å². The average Bonchev–Trinajstić information content (AvgIpc) is 3.52. The molecule has 0 radical (unpaired) electrons. The van der Waals surface area contributed by atoms with Crippen molar-refractivity contribution in [3.63, 3.8) is 0 Å². The van der Waals surface area contributed by atoms with Gasteiger partial charge in [0.2, 0.25) is 0 Å². The van der Waals surface area contributed by atoms with Crippen LogP contribution in [0.1, 0.15) is 54.3 Å². The lowest BCUT2D eigenvalue weighted by atomic mass is 10.00. The van der Waals surface area contributed by atoms with Gasteiger partial charge in [-0.15, -0.1) is 0 Å². The van der Waals surface area contributed by atoms with Crippen LogP contribution in [0.5, 0.6) is 0 Å². The van der Waals surface area contributed by atoms with Gasteiger partial charge in [-0.05, 0) is 66.4 Å². The monoisotopic (exact) mass is 641 g/mol. The zero-order valence-corrected chi connectivity index (χ0v) is 22.5. The van der Waals surface area contributed by atoms with Gasteiger partial charge in [0.05, 0.1) is 26.8 Å². The van der Waals surface area contributed by atoms with Crippen molar-refractivity contribution >= 4 is 51.0 Å². The fourth-order valence-corrected chi connectivity index (χ4v) is 4.46. The molecule has 0 atom stereocenters. The maximum absolute atomic E-state index is 14.9. The Balaban J connectivity index is 2.06. The fourth-order valence-electron chi connectivity index (χ4n) is 3.74. The number of nitrogens with two attached hydrogens (primary N) is 1. The summed E-state index contributed by atoms with van der Waals surface area (Å²) < 4.78 is 95.9. The minimum Gasteiger partial charge on any atom is -0.404 e. The van der Waals surface area contributed by atoms with Gasteiger partial charge in [0, 0.05) is 24.0 Å². The van der Waals surface area contributed by atoms with E-state index in [1.165, 1.54) is 32.0 Å². The van der Waals surface area contributed by atoms with Crippen LogP contribution in [0.2, 0.25) is 5.02 Å². The summed E-state index contributed by atoms with van der Waals surface area (Å²) >= 11 is 9.03. The van der Waals surface area contributed by atoms with Gasteiger partial charge in [-0.2, -0.15) is 31.6 Å². The van der Waals surface area contributed by atoms with E-state index in [0.29, 0.717) is 23.5 Å². The Bertz CT molecular complexity index is 1370. The van der Waals surface area contributed by atoms with Crippen molar-refractivity contribution in [1.29, 1.82) is 5.26 Å². The number of aromatic nitrogens is 1. The molecular weight excluding hydrogens is 623 g/mol. The minimum atomic E-state index is -6.32. The third-order valence-corrected chi connectivity index (χ3v) is 6.90. The maximum atomic E-state index is 14.9. The van der Waals surface area contributed by atoms with Crippen molar-refractivity contribution in [2.45, 2.75) is 56.3 Å². The lowest BCUT2D eigenvalue weighted by Crippen LogP contribution is -2.51. The molecule has 1 heterocycles. The molecule has 0 bridgehead atoms. The third kappa shape index (κ3) is 5.65. The Hall–Kier alpha value is -3.05. The summed E-state index contributed by atoms with van der Waals surface area (Å²) in [4.78, 5) is 16.7. The van der Waals surface area contributed by atoms with Crippen LogP contribution >= 0.6 is 27.5 Å². The molecule has 1 saturated carbocycles. The van der Waals surface area contributed by atoms with E-state index < -0.39 is 47.0 Å². The summed E-state index contributed by atoms with van der Waals surface area (Å²) in [6.07, 6.45) is -9.61. The summed E-state index contributed by atoms with van der Waals surface area (Å²) in [5.74, 6) is -1.07. The van der Waals surface area contributed by atoms with Gasteiger partial charge in [-0.3, -0.25) is 4.79 Å². The fraction of sp³-hybridized carbons (Fsp3) is 0.375. The van der Waals surface area contributed by atoms with Crippen LogP contribution in [0.4, 0.5) is 36.6 Å². The van der Waals surface area contributed by atoms with Gasteiger partial charge in [0.25, 0.3) is 5.91 Å². The predicted octanol–water partition coefficient (Wildman–Crippen LogP) is 7.26. The Morgan fingerprint density at radius 2 is 1.79 bits per heavy atom. The van der Waals surface area contributed by atoms with Crippen molar-refractivity contribution in [3.05, 3.63) is 56.8 Å². The number of hydrogen-bond donors (Lipinski definition) is 2. The average molecular weight is 643 g/mol. The molecule has 0 saturated heterocycles. The first-order valence-corrected chi connectivity index (χ1v) is 12.3. The molecule has 15 heteroatoms. The number of nitrogens with zero attached hydrogens (tertiary/aromatic N) is 3. The molecule has 1 fully saturated rings. The second kappa shape index (κ2) is 10.5. The van der Waals surface area contributed by atoms with Crippen molar-refractivity contribution in [1.82, 2.24) is 9.88 Å². The molecular formula is C24H20BrClF7N5O. The second-order valence-corrected chi connectivity index (χ2v) is 10.3. The van der Waals surface area contributed by atoms with Gasteiger partial charge >= 0.3 is 18.0 Å². The van der Waals surface area contributed by atoms with E-state index in [2.05, 4.69) is 26.2 Å². The lowest BCUT2D eigenvalue weighted by Gasteiger charge is -2.32. The van der Waals surface area contributed by atoms with E-state index in [9.17, 15) is 40.8 Å². The summed E-state index contributed by atoms with van der Waals surface area (Å²) in [7, 11) is 0. The van der Waals surface area contributed by atoms with Crippen molar-refractivity contribution in [3.8, 4) is 6.07 Å². The highest BCUT2D eigenvalue weighted by molar-refractivity contribution is 9.10. The number of nitriles is 1. The molecule has 1 aromatic carbocycles. The molecule has 1 aliphatic carbocycles. The zero-order chi connectivity index (χ0) is 29.6. The van der Waals surface area contributed by atoms with E-state index >= 15 is 0 Å². The number of carbonyl (C=O) groups is 1. The number of alkyl halides is 7. The number of rotatable bonds is 7. The standard InChI is InChI=1S/C24H20BrClF7N5O/c1-12(2)38-18(22(27,23(28,29)30)24(31,32)33)8-16(25)19(38)36-10-14(9-34)13-3-4-17(26)15(7-13)20(39)37-21(11-35)5-6-21/h3-4,7-10,12H,5-6,34H2,1-2H3,(H,37,39). The SMILES string of the molecule is CC(C)n1c(C(F)(C(F)(F)F)C(F)(F)F)cc(Br)c1N=CC(=CN)c1ccc(Cl)c(C(=O)NC2(C#N)CC2)c1. The second-order valence-electron chi connectivity index (χ2n) is 9.04. The van der Waals surface area contributed by atoms with Gasteiger partial charge < -0.3 is 15.6 Å². The molecule has 1 aliphatic rings. The Morgan fingerprint density at radius 3 is 2.26 bits per heavy atom. The van der Waals surface area contributed by atoms with E-state index in [1.807, 2.05) is 6.07 Å². The Morgan fingerprint density at radius 1 is 1.21 bits per heavy atom. The van der Waals surface area contributed by atoms with Crippen LogP contribution in [0.25, 0.3) is 5.57 Å². The first-order valence-electron chi connectivity index (χ1n) is 11.2. The quantitative estimate of drug-likeness (QED) is 0.246. The number of amides is 1. The largest absolute Gasteiger partial charge is 0.437 e. The number of benzene rings is 1. The van der Waals surface area contributed by atoms with E-state index in [1.54, 1.807) is 0 Å². The topological polar surface area (TPSA) is 96.2 Å². The van der Waals surface area contributed by atoms with Gasteiger partial charge in [0.15, 0.2) is 0 Å². The molecule has 3 N–H and O–H groups in total. The Labute approximate surface area is 231 Å². The number of aliphatic imine (C=N–C) groups is 1. The normalized spacial score (nSPS) is 16.0. The molecule has 0 aliphatic heterocycles. The molecule has 2 aromatic rings. The van der Waals surface area contributed by atoms with Crippen molar-refractivity contribution in [2.24, 2.45) is 10.7 Å². The Kier molecular flexibility index (Phi) is 8.21. The first-order chi connectivity index (χ1) is 17.9. The molecule has 0 unspecified atom stereocenters. The minimum absolute atomic E-state index is 0.00460. The van der Waals surface area contributed by atoms with E-state index in [4.69, 9.17) is 17.3 Å². The molecule has 0 spiro atoms. The molecule has 3 rings (SSSR count). The van der Waals surface area contributed by atoms with Gasteiger partial charge in [-0.25, -0.2) is 9.38 Å². The number of allylic oxidation sites excluding steroid dienone is 1. The van der Waals surface area contributed by atoms with Crippen molar-refractivity contribution in [2.75, 3.05) is 0 Å². The van der Waals surface area contributed by atoms with Crippen molar-refractivity contribution < 1.29 is 35.5 Å². The van der Waals surface area contributed by atoms with Crippen LogP contribution < -0.4 is 11.1 Å². The summed E-state index contributed by atoms with van der Waals surface area (Å²) in [6.45, 7) is 2.53. The summed E-state index contributed by atoms with van der Waals surface area (Å²) in [5.41, 5.74) is -2.30. The smallest absolute Gasteiger partial charge is 0.404 e. The molecule has 1 aromatic heterocycles. The highest BCUT2D eigenvalue weighted by atomic mass is 79.9. The van der Waals surface area contributed by atoms with Crippen LogP contribution in [-0.2, 0) is 5.67 Å². The first kappa shape index (κ1) is 30.5. The lowest BCUT2D eigenvalue weighted by molar-refractivity contribution is -0.350. The number of nitrogens with one attached hydrogen (secondary N) is 1. The highest BCUT2D eigenvalue weighted by Crippen LogP contribution is 2.55. The van der Waals surface area contributed by atoms with Gasteiger partial charge in [0.1, 0.15) is 11.4 Å². The molecule has 6 nitrogen and oxygen atoms in total. The zero-order valence-electron chi connectivity index (χ0n) is 20.2. The van der Waals surface area contributed by atoms with Crippen LogP contribution in [-0.4, -0.2) is 34.6 Å². The van der Waals surface area contributed by atoms with Crippen LogP contribution in [0.15, 0.2) is 39.9 Å². The third-order valence-electron chi connectivity index (χ3n) is 5.98. The van der Waals surface area contributed by atoms with E-state index in [0.717, 1.165) is 12.4 Å². The molecule has 210 valence electrons. The predicted molar refractivity (Wildman–Crippen MR) is 134 cm³/mol.